The molecule has 1 N–H and O–H groups in total. The van der Waals surface area contributed by atoms with Gasteiger partial charge in [0.1, 0.15) is 11.5 Å². The van der Waals surface area contributed by atoms with E-state index in [1.165, 1.54) is 18.5 Å². The standard InChI is InChI=1S/C25H31N3O3/c1-18-5-3-6-20(15-18)31-17-24(29)27-13-10-25(11-14-27)23-7-4-12-28(23)22-9-8-19(30-2)16-21(22)26-25/h3,5-6,8-9,15-16,23,26H,4,7,10-14,17H2,1-2H3. The van der Waals surface area contributed by atoms with Gasteiger partial charge in [-0.05, 0) is 62.4 Å². The number of aryl methyl sites for hydroxylation is 1. The predicted molar refractivity (Wildman–Crippen MR) is 122 cm³/mol. The van der Waals surface area contributed by atoms with Gasteiger partial charge in [0.25, 0.3) is 5.91 Å². The lowest BCUT2D eigenvalue weighted by atomic mass is 9.77. The molecule has 6 nitrogen and oxygen atoms in total. The van der Waals surface area contributed by atoms with Crippen LogP contribution in [0, 0.1) is 6.92 Å². The fourth-order valence-corrected chi connectivity index (χ4v) is 5.53. The molecule has 3 aliphatic rings. The van der Waals surface area contributed by atoms with Gasteiger partial charge in [-0.15, -0.1) is 0 Å². The molecule has 2 aromatic carbocycles. The van der Waals surface area contributed by atoms with E-state index >= 15 is 0 Å². The summed E-state index contributed by atoms with van der Waals surface area (Å²) in [5.41, 5.74) is 3.56. The highest BCUT2D eigenvalue weighted by Gasteiger charge is 2.49. The largest absolute Gasteiger partial charge is 0.497 e. The predicted octanol–water partition coefficient (Wildman–Crippen LogP) is 3.84. The van der Waals surface area contributed by atoms with Gasteiger partial charge in [-0.2, -0.15) is 0 Å². The summed E-state index contributed by atoms with van der Waals surface area (Å²) in [6.45, 7) is 4.73. The first-order valence-corrected chi connectivity index (χ1v) is 11.3. The third kappa shape index (κ3) is 3.68. The van der Waals surface area contributed by atoms with Gasteiger partial charge in [0, 0.05) is 25.7 Å². The molecular weight excluding hydrogens is 390 g/mol. The van der Waals surface area contributed by atoms with Crippen LogP contribution in [-0.2, 0) is 4.79 Å². The topological polar surface area (TPSA) is 54.0 Å². The molecule has 1 spiro atoms. The van der Waals surface area contributed by atoms with Crippen molar-refractivity contribution >= 4 is 17.3 Å². The molecule has 0 aliphatic carbocycles. The number of fused-ring (bicyclic) bond motifs is 4. The lowest BCUT2D eigenvalue weighted by molar-refractivity contribution is -0.134. The number of carbonyl (C=O) groups excluding carboxylic acids is 1. The van der Waals surface area contributed by atoms with Crippen LogP contribution < -0.4 is 19.7 Å². The number of rotatable bonds is 4. The van der Waals surface area contributed by atoms with Crippen molar-refractivity contribution in [3.63, 3.8) is 0 Å². The molecule has 1 unspecified atom stereocenters. The van der Waals surface area contributed by atoms with Crippen molar-refractivity contribution in [1.29, 1.82) is 0 Å². The first kappa shape index (κ1) is 20.0. The van der Waals surface area contributed by atoms with E-state index in [0.29, 0.717) is 6.04 Å². The summed E-state index contributed by atoms with van der Waals surface area (Å²) >= 11 is 0. The van der Waals surface area contributed by atoms with Crippen molar-refractivity contribution < 1.29 is 14.3 Å². The molecule has 164 valence electrons. The first-order valence-electron chi connectivity index (χ1n) is 11.3. The van der Waals surface area contributed by atoms with Crippen LogP contribution in [0.3, 0.4) is 0 Å². The second-order valence-corrected chi connectivity index (χ2v) is 9.00. The Bertz CT molecular complexity index is 968. The SMILES string of the molecule is COc1ccc2c(c1)NC1(CCN(C(=O)COc3cccc(C)c3)CC1)C1CCCN21. The Morgan fingerprint density at radius 1 is 1.13 bits per heavy atom. The number of methoxy groups -OCH3 is 1. The highest BCUT2D eigenvalue weighted by molar-refractivity contribution is 5.79. The number of hydrogen-bond donors (Lipinski definition) is 1. The van der Waals surface area contributed by atoms with Gasteiger partial charge >= 0.3 is 0 Å². The van der Waals surface area contributed by atoms with Crippen LogP contribution in [0.25, 0.3) is 0 Å². The molecule has 2 aromatic rings. The molecule has 0 aromatic heterocycles. The quantitative estimate of drug-likeness (QED) is 0.813. The maximum Gasteiger partial charge on any atom is 0.260 e. The van der Waals surface area contributed by atoms with Gasteiger partial charge in [-0.25, -0.2) is 0 Å². The molecule has 2 fully saturated rings. The van der Waals surface area contributed by atoms with Crippen molar-refractivity contribution in [1.82, 2.24) is 4.90 Å². The van der Waals surface area contributed by atoms with Gasteiger partial charge < -0.3 is 24.6 Å². The zero-order valence-corrected chi connectivity index (χ0v) is 18.4. The summed E-state index contributed by atoms with van der Waals surface area (Å²) in [6, 6.07) is 14.7. The molecule has 3 heterocycles. The Labute approximate surface area is 184 Å². The molecule has 1 amide bonds. The fourth-order valence-electron chi connectivity index (χ4n) is 5.53. The minimum absolute atomic E-state index is 0.00401. The van der Waals surface area contributed by atoms with E-state index in [-0.39, 0.29) is 18.1 Å². The van der Waals surface area contributed by atoms with Crippen molar-refractivity contribution in [3.8, 4) is 11.5 Å². The number of amides is 1. The van der Waals surface area contributed by atoms with Gasteiger partial charge in [-0.1, -0.05) is 12.1 Å². The van der Waals surface area contributed by atoms with Crippen molar-refractivity contribution in [3.05, 3.63) is 48.0 Å². The fraction of sp³-hybridized carbons (Fsp3) is 0.480. The Morgan fingerprint density at radius 3 is 2.74 bits per heavy atom. The molecule has 0 bridgehead atoms. The Kier molecular flexibility index (Phi) is 5.16. The summed E-state index contributed by atoms with van der Waals surface area (Å²) in [6.07, 6.45) is 4.30. The molecule has 0 saturated carbocycles. The third-order valence-corrected chi connectivity index (χ3v) is 7.15. The number of anilines is 2. The second kappa shape index (κ2) is 7.98. The molecule has 5 rings (SSSR count). The smallest absolute Gasteiger partial charge is 0.260 e. The highest BCUT2D eigenvalue weighted by atomic mass is 16.5. The molecule has 1 atom stereocenters. The maximum absolute atomic E-state index is 12.8. The van der Waals surface area contributed by atoms with Crippen molar-refractivity contribution in [2.75, 3.05) is 43.6 Å². The van der Waals surface area contributed by atoms with Gasteiger partial charge in [0.15, 0.2) is 6.61 Å². The van der Waals surface area contributed by atoms with Crippen LogP contribution in [0.5, 0.6) is 11.5 Å². The van der Waals surface area contributed by atoms with E-state index in [1.54, 1.807) is 7.11 Å². The number of ether oxygens (including phenoxy) is 2. The second-order valence-electron chi connectivity index (χ2n) is 9.00. The van der Waals surface area contributed by atoms with Crippen molar-refractivity contribution in [2.24, 2.45) is 0 Å². The minimum Gasteiger partial charge on any atom is -0.497 e. The van der Waals surface area contributed by atoms with E-state index in [9.17, 15) is 4.79 Å². The summed E-state index contributed by atoms with van der Waals surface area (Å²) in [5.74, 6) is 1.69. The van der Waals surface area contributed by atoms with Crippen LogP contribution in [0.2, 0.25) is 0 Å². The number of hydrogen-bond acceptors (Lipinski definition) is 5. The highest BCUT2D eigenvalue weighted by Crippen LogP contribution is 2.47. The molecule has 2 saturated heterocycles. The molecule has 0 radical (unpaired) electrons. The Morgan fingerprint density at radius 2 is 1.97 bits per heavy atom. The van der Waals surface area contributed by atoms with E-state index < -0.39 is 0 Å². The Balaban J connectivity index is 1.27. The maximum atomic E-state index is 12.8. The summed E-state index contributed by atoms with van der Waals surface area (Å²) < 4.78 is 11.2. The third-order valence-electron chi connectivity index (χ3n) is 7.15. The van der Waals surface area contributed by atoms with Crippen LogP contribution in [0.4, 0.5) is 11.4 Å². The first-order chi connectivity index (χ1) is 15.1. The average molecular weight is 422 g/mol. The zero-order chi connectivity index (χ0) is 21.4. The van der Waals surface area contributed by atoms with Crippen molar-refractivity contribution in [2.45, 2.75) is 44.2 Å². The average Bonchev–Trinajstić information content (AvgIpc) is 3.29. The molecule has 6 heteroatoms. The number of piperidine rings is 1. The lowest BCUT2D eigenvalue weighted by Gasteiger charge is -2.53. The number of carbonyl (C=O) groups is 1. The van der Waals surface area contributed by atoms with Crippen LogP contribution in [0.1, 0.15) is 31.2 Å². The number of nitrogens with one attached hydrogen (secondary N) is 1. The number of nitrogens with zero attached hydrogens (tertiary/aromatic N) is 2. The number of benzene rings is 2. The summed E-state index contributed by atoms with van der Waals surface area (Å²) in [4.78, 5) is 17.3. The van der Waals surface area contributed by atoms with Crippen LogP contribution in [-0.4, -0.2) is 55.7 Å². The van der Waals surface area contributed by atoms with E-state index in [0.717, 1.165) is 55.2 Å². The monoisotopic (exact) mass is 421 g/mol. The molecule has 31 heavy (non-hydrogen) atoms. The number of likely N-dealkylation sites (tertiary alicyclic amines) is 1. The summed E-state index contributed by atoms with van der Waals surface area (Å²) in [7, 11) is 1.71. The molecule has 3 aliphatic heterocycles. The Hall–Kier alpha value is -2.89. The minimum atomic E-state index is 0.00401. The van der Waals surface area contributed by atoms with Gasteiger partial charge in [0.2, 0.25) is 0 Å². The van der Waals surface area contributed by atoms with E-state index in [4.69, 9.17) is 9.47 Å². The van der Waals surface area contributed by atoms with E-state index in [1.807, 2.05) is 42.2 Å². The van der Waals surface area contributed by atoms with E-state index in [2.05, 4.69) is 22.3 Å². The van der Waals surface area contributed by atoms with Crippen LogP contribution in [0.15, 0.2) is 42.5 Å². The normalized spacial score (nSPS) is 21.3. The lowest BCUT2D eigenvalue weighted by Crippen LogP contribution is -2.63. The summed E-state index contributed by atoms with van der Waals surface area (Å²) in [5, 5.41) is 3.89. The van der Waals surface area contributed by atoms with Gasteiger partial charge in [-0.3, -0.25) is 4.79 Å². The molecular formula is C25H31N3O3. The zero-order valence-electron chi connectivity index (χ0n) is 18.4. The van der Waals surface area contributed by atoms with Gasteiger partial charge in [0.05, 0.1) is 30.1 Å². The van der Waals surface area contributed by atoms with Crippen LogP contribution >= 0.6 is 0 Å².